The normalized spacial score (nSPS) is 11.7. The number of nitrogens with zero attached hydrogens (tertiary/aromatic N) is 3. The van der Waals surface area contributed by atoms with Crippen molar-refractivity contribution in [3.63, 3.8) is 0 Å². The molecule has 0 aliphatic rings. The molecule has 2 aromatic carbocycles. The van der Waals surface area contributed by atoms with E-state index in [9.17, 15) is 4.79 Å². The highest BCUT2D eigenvalue weighted by Gasteiger charge is 2.19. The summed E-state index contributed by atoms with van der Waals surface area (Å²) < 4.78 is 7.86. The van der Waals surface area contributed by atoms with Gasteiger partial charge < -0.3 is 10.1 Å². The summed E-state index contributed by atoms with van der Waals surface area (Å²) in [7, 11) is 0. The van der Waals surface area contributed by atoms with Crippen LogP contribution in [0.1, 0.15) is 18.9 Å². The Morgan fingerprint density at radius 3 is 2.79 bits per heavy atom. The molecule has 8 heteroatoms. The number of amides is 1. The number of anilines is 1. The summed E-state index contributed by atoms with van der Waals surface area (Å²) in [6.07, 6.45) is 1.46. The van der Waals surface area contributed by atoms with Crippen LogP contribution in [0.5, 0.6) is 5.75 Å². The maximum atomic E-state index is 12.3. The van der Waals surface area contributed by atoms with Gasteiger partial charge in [-0.15, -0.1) is 16.8 Å². The Morgan fingerprint density at radius 1 is 1.28 bits per heavy atom. The van der Waals surface area contributed by atoms with E-state index in [0.29, 0.717) is 28.2 Å². The molecular formula is C21H21ClN4O2S. The second-order valence-electron chi connectivity index (χ2n) is 6.16. The third kappa shape index (κ3) is 5.85. The molecule has 1 unspecified atom stereocenters. The molecule has 150 valence electrons. The predicted octanol–water partition coefficient (Wildman–Crippen LogP) is 4.99. The lowest BCUT2D eigenvalue weighted by Gasteiger charge is -2.15. The molecule has 0 spiro atoms. The van der Waals surface area contributed by atoms with Crippen LogP contribution >= 0.6 is 23.4 Å². The number of hydrogen-bond donors (Lipinski definition) is 1. The predicted molar refractivity (Wildman–Crippen MR) is 117 cm³/mol. The van der Waals surface area contributed by atoms with Gasteiger partial charge in [-0.3, -0.25) is 9.36 Å². The number of ether oxygens (including phenoxy) is 1. The third-order valence-electron chi connectivity index (χ3n) is 3.92. The van der Waals surface area contributed by atoms with Gasteiger partial charge in [0.2, 0.25) is 5.91 Å². The monoisotopic (exact) mass is 428 g/mol. The van der Waals surface area contributed by atoms with Crippen LogP contribution < -0.4 is 10.1 Å². The number of halogens is 1. The number of thioether (sulfide) groups is 1. The van der Waals surface area contributed by atoms with Crippen LogP contribution in [0, 0.1) is 0 Å². The van der Waals surface area contributed by atoms with Crippen LogP contribution in [0.25, 0.3) is 0 Å². The van der Waals surface area contributed by atoms with E-state index in [0.717, 1.165) is 5.75 Å². The number of hydrogen-bond acceptors (Lipinski definition) is 5. The van der Waals surface area contributed by atoms with Gasteiger partial charge in [-0.2, -0.15) is 0 Å². The first-order chi connectivity index (χ1) is 14.1. The molecule has 29 heavy (non-hydrogen) atoms. The van der Waals surface area contributed by atoms with Gasteiger partial charge in [0, 0.05) is 17.3 Å². The Morgan fingerprint density at radius 2 is 2.07 bits per heavy atom. The maximum absolute atomic E-state index is 12.3. The van der Waals surface area contributed by atoms with Gasteiger partial charge in [0.15, 0.2) is 17.1 Å². The average molecular weight is 429 g/mol. The quantitative estimate of drug-likeness (QED) is 0.384. The molecule has 0 saturated carbocycles. The first-order valence-electron chi connectivity index (χ1n) is 9.00. The van der Waals surface area contributed by atoms with Crippen molar-refractivity contribution in [1.29, 1.82) is 0 Å². The van der Waals surface area contributed by atoms with E-state index in [1.54, 1.807) is 30.3 Å². The SMILES string of the molecule is C=CCn1c(SCC(=O)Nc2cccc(Cl)c2)nnc1C(C)Oc1ccccc1. The van der Waals surface area contributed by atoms with Gasteiger partial charge in [0.25, 0.3) is 0 Å². The van der Waals surface area contributed by atoms with Crippen molar-refractivity contribution >= 4 is 35.0 Å². The molecule has 0 bridgehead atoms. The lowest BCUT2D eigenvalue weighted by molar-refractivity contribution is -0.113. The third-order valence-corrected chi connectivity index (χ3v) is 5.12. The summed E-state index contributed by atoms with van der Waals surface area (Å²) in [5.74, 6) is 1.46. The minimum atomic E-state index is -0.306. The standard InChI is InChI=1S/C21H21ClN4O2S/c1-3-12-26-20(15(2)28-18-10-5-4-6-11-18)24-25-21(26)29-14-19(27)23-17-9-7-8-16(22)13-17/h3-11,13,15H,1,12,14H2,2H3,(H,23,27). The Hall–Kier alpha value is -2.77. The van der Waals surface area contributed by atoms with Gasteiger partial charge >= 0.3 is 0 Å². The molecule has 3 aromatic rings. The number of carbonyl (C=O) groups excluding carboxylic acids is 1. The first kappa shape index (κ1) is 21.0. The largest absolute Gasteiger partial charge is 0.483 e. The molecule has 0 aliphatic heterocycles. The molecule has 1 amide bonds. The molecule has 1 N–H and O–H groups in total. The molecule has 0 saturated heterocycles. The Kier molecular flexibility index (Phi) is 7.32. The summed E-state index contributed by atoms with van der Waals surface area (Å²) in [5.41, 5.74) is 0.654. The Labute approximate surface area is 178 Å². The highest BCUT2D eigenvalue weighted by atomic mass is 35.5. The second kappa shape index (κ2) is 10.1. The van der Waals surface area contributed by atoms with Crippen LogP contribution in [-0.2, 0) is 11.3 Å². The van der Waals surface area contributed by atoms with Gasteiger partial charge in [0.1, 0.15) is 5.75 Å². The molecule has 0 fully saturated rings. The highest BCUT2D eigenvalue weighted by Crippen LogP contribution is 2.25. The lowest BCUT2D eigenvalue weighted by atomic mass is 10.3. The molecule has 3 rings (SSSR count). The fraction of sp³-hybridized carbons (Fsp3) is 0.190. The van der Waals surface area contributed by atoms with Crippen LogP contribution in [0.4, 0.5) is 5.69 Å². The lowest BCUT2D eigenvalue weighted by Crippen LogP contribution is -2.15. The summed E-state index contributed by atoms with van der Waals surface area (Å²) in [6, 6.07) is 16.6. The summed E-state index contributed by atoms with van der Waals surface area (Å²) in [5, 5.41) is 12.5. The zero-order valence-electron chi connectivity index (χ0n) is 15.9. The summed E-state index contributed by atoms with van der Waals surface area (Å²) in [4.78, 5) is 12.3. The zero-order valence-corrected chi connectivity index (χ0v) is 17.5. The maximum Gasteiger partial charge on any atom is 0.234 e. The first-order valence-corrected chi connectivity index (χ1v) is 10.4. The number of carbonyl (C=O) groups is 1. The van der Waals surface area contributed by atoms with Gasteiger partial charge in [-0.05, 0) is 37.3 Å². The molecule has 6 nitrogen and oxygen atoms in total. The molecule has 1 aromatic heterocycles. The topological polar surface area (TPSA) is 69.0 Å². The van der Waals surface area contributed by atoms with E-state index >= 15 is 0 Å². The Balaban J connectivity index is 1.66. The van der Waals surface area contributed by atoms with E-state index < -0.39 is 0 Å². The Bertz CT molecular complexity index is 978. The van der Waals surface area contributed by atoms with Crippen molar-refractivity contribution in [2.75, 3.05) is 11.1 Å². The van der Waals surface area contributed by atoms with Crippen molar-refractivity contribution in [3.05, 3.63) is 78.1 Å². The van der Waals surface area contributed by atoms with Crippen molar-refractivity contribution in [2.24, 2.45) is 0 Å². The number of aromatic nitrogens is 3. The van der Waals surface area contributed by atoms with Crippen LogP contribution in [0.2, 0.25) is 5.02 Å². The molecule has 0 radical (unpaired) electrons. The van der Waals surface area contributed by atoms with Crippen molar-refractivity contribution in [1.82, 2.24) is 14.8 Å². The van der Waals surface area contributed by atoms with Crippen molar-refractivity contribution < 1.29 is 9.53 Å². The number of allylic oxidation sites excluding steroid dienone is 1. The minimum absolute atomic E-state index is 0.152. The van der Waals surface area contributed by atoms with Crippen molar-refractivity contribution in [2.45, 2.75) is 24.7 Å². The second-order valence-corrected chi connectivity index (χ2v) is 7.54. The van der Waals surface area contributed by atoms with Crippen LogP contribution in [0.3, 0.4) is 0 Å². The van der Waals surface area contributed by atoms with Gasteiger partial charge in [-0.25, -0.2) is 0 Å². The molecular weight excluding hydrogens is 408 g/mol. The molecule has 1 atom stereocenters. The van der Waals surface area contributed by atoms with Crippen molar-refractivity contribution in [3.8, 4) is 5.75 Å². The van der Waals surface area contributed by atoms with E-state index in [1.165, 1.54) is 11.8 Å². The van der Waals surface area contributed by atoms with E-state index in [1.807, 2.05) is 41.8 Å². The van der Waals surface area contributed by atoms with E-state index in [4.69, 9.17) is 16.3 Å². The minimum Gasteiger partial charge on any atom is -0.483 e. The van der Waals surface area contributed by atoms with E-state index in [-0.39, 0.29) is 17.8 Å². The smallest absolute Gasteiger partial charge is 0.234 e. The van der Waals surface area contributed by atoms with Gasteiger partial charge in [0.05, 0.1) is 5.75 Å². The number of benzene rings is 2. The fourth-order valence-corrected chi connectivity index (χ4v) is 3.60. The zero-order chi connectivity index (χ0) is 20.6. The summed E-state index contributed by atoms with van der Waals surface area (Å²) in [6.45, 7) is 6.23. The molecule has 0 aliphatic carbocycles. The van der Waals surface area contributed by atoms with Crippen LogP contribution in [-0.4, -0.2) is 26.4 Å². The van der Waals surface area contributed by atoms with Crippen LogP contribution in [0.15, 0.2) is 72.4 Å². The number of rotatable bonds is 9. The number of nitrogens with one attached hydrogen (secondary N) is 1. The van der Waals surface area contributed by atoms with Gasteiger partial charge in [-0.1, -0.05) is 53.7 Å². The number of para-hydroxylation sites is 1. The fourth-order valence-electron chi connectivity index (χ4n) is 2.66. The average Bonchev–Trinajstić information content (AvgIpc) is 3.10. The summed E-state index contributed by atoms with van der Waals surface area (Å²) >= 11 is 7.25. The molecule has 1 heterocycles. The highest BCUT2D eigenvalue weighted by molar-refractivity contribution is 7.99. The van der Waals surface area contributed by atoms with E-state index in [2.05, 4.69) is 22.1 Å².